The summed E-state index contributed by atoms with van der Waals surface area (Å²) in [7, 11) is 0. The predicted molar refractivity (Wildman–Crippen MR) is 31.2 cm³/mol. The number of carbonyl (C=O) groups is 1. The van der Waals surface area contributed by atoms with E-state index in [-0.39, 0.29) is 0 Å². The molecule has 5 nitrogen and oxygen atoms in total. The van der Waals surface area contributed by atoms with E-state index >= 15 is 0 Å². The number of aromatic carboxylic acids is 1. The van der Waals surface area contributed by atoms with Gasteiger partial charge in [-0.15, -0.1) is 0 Å². The zero-order chi connectivity index (χ0) is 9.30. The first-order chi connectivity index (χ1) is 5.52. The average Bonchev–Trinajstić information content (AvgIpc) is 2.31. The first-order valence-electron chi connectivity index (χ1n) is 2.77. The van der Waals surface area contributed by atoms with Crippen LogP contribution in [-0.4, -0.2) is 16.1 Å². The molecule has 12 heavy (non-hydrogen) atoms. The number of aromatic amines is 1. The Balaban J connectivity index is 3.26. The van der Waals surface area contributed by atoms with Crippen molar-refractivity contribution in [2.24, 2.45) is 0 Å². The van der Waals surface area contributed by atoms with E-state index in [1.165, 1.54) is 0 Å². The Kier molecular flexibility index (Phi) is 1.94. The Hall–Kier alpha value is -1.66. The van der Waals surface area contributed by atoms with E-state index in [0.29, 0.717) is 0 Å². The second-order valence-electron chi connectivity index (χ2n) is 1.86. The van der Waals surface area contributed by atoms with Crippen molar-refractivity contribution in [3.63, 3.8) is 0 Å². The molecule has 66 valence electrons. The van der Waals surface area contributed by atoms with Crippen LogP contribution in [0.1, 0.15) is 22.7 Å². The van der Waals surface area contributed by atoms with Crippen molar-refractivity contribution < 1.29 is 23.1 Å². The lowest BCUT2D eigenvalue weighted by atomic mass is 10.3. The third-order valence-corrected chi connectivity index (χ3v) is 1.09. The maximum absolute atomic E-state index is 11.9. The largest absolute Gasteiger partial charge is 0.475 e. The maximum atomic E-state index is 11.9. The summed E-state index contributed by atoms with van der Waals surface area (Å²) in [5.41, 5.74) is -1.01. The van der Waals surface area contributed by atoms with E-state index in [2.05, 4.69) is 4.42 Å². The van der Waals surface area contributed by atoms with Gasteiger partial charge in [-0.3, -0.25) is 4.98 Å². The number of aromatic nitrogens is 1. The van der Waals surface area contributed by atoms with Gasteiger partial charge in [0, 0.05) is 0 Å². The van der Waals surface area contributed by atoms with Crippen LogP contribution in [0.25, 0.3) is 0 Å². The lowest BCUT2D eigenvalue weighted by molar-refractivity contribution is 0.0644. The molecule has 0 aliphatic rings. The quantitative estimate of drug-likeness (QED) is 0.696. The first kappa shape index (κ1) is 8.44. The molecule has 0 amide bonds. The van der Waals surface area contributed by atoms with Crippen molar-refractivity contribution in [2.45, 2.75) is 6.43 Å². The highest BCUT2D eigenvalue weighted by atomic mass is 19.3. The highest BCUT2D eigenvalue weighted by Gasteiger charge is 2.23. The molecule has 0 fully saturated rings. The van der Waals surface area contributed by atoms with Crippen LogP contribution in [0.4, 0.5) is 8.78 Å². The molecule has 0 radical (unpaired) electrons. The number of hydrogen-bond donors (Lipinski definition) is 2. The van der Waals surface area contributed by atoms with Crippen molar-refractivity contribution in [3.05, 3.63) is 22.0 Å². The SMILES string of the molecule is O=C(O)c1oc(=O)[nH]c1C(F)F. The van der Waals surface area contributed by atoms with E-state index < -0.39 is 29.6 Å². The topological polar surface area (TPSA) is 83.3 Å². The number of rotatable bonds is 2. The molecule has 0 spiro atoms. The second-order valence-corrected chi connectivity index (χ2v) is 1.86. The van der Waals surface area contributed by atoms with E-state index in [4.69, 9.17) is 5.11 Å². The number of H-pyrrole nitrogens is 1. The fourth-order valence-electron chi connectivity index (χ4n) is 0.652. The summed E-state index contributed by atoms with van der Waals surface area (Å²) in [4.78, 5) is 22.0. The third-order valence-electron chi connectivity index (χ3n) is 1.09. The molecule has 0 atom stereocenters. The lowest BCUT2D eigenvalue weighted by Gasteiger charge is -1.92. The monoisotopic (exact) mass is 179 g/mol. The Morgan fingerprint density at radius 2 is 2.17 bits per heavy atom. The van der Waals surface area contributed by atoms with Gasteiger partial charge in [0.2, 0.25) is 5.76 Å². The van der Waals surface area contributed by atoms with Crippen LogP contribution in [0.15, 0.2) is 9.21 Å². The molecule has 1 aromatic heterocycles. The summed E-state index contributed by atoms with van der Waals surface area (Å²) in [5, 5.41) is 8.24. The Morgan fingerprint density at radius 1 is 1.58 bits per heavy atom. The van der Waals surface area contributed by atoms with E-state index in [9.17, 15) is 18.4 Å². The molecule has 1 aromatic rings. The summed E-state index contributed by atoms with van der Waals surface area (Å²) in [6.07, 6.45) is -3.07. The highest BCUT2D eigenvalue weighted by Crippen LogP contribution is 2.18. The van der Waals surface area contributed by atoms with Crippen LogP contribution in [0.3, 0.4) is 0 Å². The molecule has 0 unspecified atom stereocenters. The second kappa shape index (κ2) is 2.76. The van der Waals surface area contributed by atoms with Crippen LogP contribution >= 0.6 is 0 Å². The minimum atomic E-state index is -3.07. The van der Waals surface area contributed by atoms with Gasteiger partial charge in [-0.05, 0) is 0 Å². The normalized spacial score (nSPS) is 10.6. The van der Waals surface area contributed by atoms with Crippen LogP contribution in [0.2, 0.25) is 0 Å². The standard InChI is InChI=1S/C5H3F2NO4/c6-3(7)1-2(4(9)10)12-5(11)8-1/h3H,(H,8,11)(H,9,10). The minimum absolute atomic E-state index is 1.01. The molecule has 0 aliphatic heterocycles. The van der Waals surface area contributed by atoms with Gasteiger partial charge >= 0.3 is 11.7 Å². The predicted octanol–water partition coefficient (Wildman–Crippen LogP) is 0.604. The molecule has 1 rings (SSSR count). The molecule has 7 heteroatoms. The van der Waals surface area contributed by atoms with Crippen molar-refractivity contribution in [2.75, 3.05) is 0 Å². The Bertz CT molecular complexity index is 353. The molecule has 0 bridgehead atoms. The third kappa shape index (κ3) is 1.34. The number of hydrogen-bond acceptors (Lipinski definition) is 3. The van der Waals surface area contributed by atoms with Crippen molar-refractivity contribution >= 4 is 5.97 Å². The molecule has 0 saturated heterocycles. The minimum Gasteiger partial charge on any atom is -0.475 e. The summed E-state index contributed by atoms with van der Waals surface area (Å²) in [6.45, 7) is 0. The Morgan fingerprint density at radius 3 is 2.50 bits per heavy atom. The van der Waals surface area contributed by atoms with E-state index in [0.717, 1.165) is 0 Å². The van der Waals surface area contributed by atoms with Gasteiger partial charge in [-0.25, -0.2) is 18.4 Å². The number of nitrogens with one attached hydrogen (secondary N) is 1. The Labute approximate surface area is 63.6 Å². The van der Waals surface area contributed by atoms with E-state index in [1.807, 2.05) is 0 Å². The number of carboxylic acids is 1. The molecular formula is C5H3F2NO4. The average molecular weight is 179 g/mol. The van der Waals surface area contributed by atoms with Gasteiger partial charge in [-0.1, -0.05) is 0 Å². The van der Waals surface area contributed by atoms with Crippen LogP contribution in [0.5, 0.6) is 0 Å². The summed E-state index contributed by atoms with van der Waals surface area (Å²) >= 11 is 0. The molecular weight excluding hydrogens is 176 g/mol. The lowest BCUT2D eigenvalue weighted by Crippen LogP contribution is -2.00. The van der Waals surface area contributed by atoms with Crippen molar-refractivity contribution in [1.82, 2.24) is 4.98 Å². The summed E-state index contributed by atoms with van der Waals surface area (Å²) in [5.74, 6) is -3.96. The zero-order valence-electron chi connectivity index (χ0n) is 5.51. The molecule has 0 aromatic carbocycles. The molecule has 2 N–H and O–H groups in total. The fourth-order valence-corrected chi connectivity index (χ4v) is 0.652. The maximum Gasteiger partial charge on any atom is 0.417 e. The van der Waals surface area contributed by atoms with Gasteiger partial charge < -0.3 is 9.52 Å². The zero-order valence-corrected chi connectivity index (χ0v) is 5.51. The van der Waals surface area contributed by atoms with Gasteiger partial charge in [0.05, 0.1) is 0 Å². The highest BCUT2D eigenvalue weighted by molar-refractivity contribution is 5.85. The number of carboxylic acid groups (broad SMARTS) is 1. The van der Waals surface area contributed by atoms with Crippen LogP contribution in [0, 0.1) is 0 Å². The molecule has 0 saturated carbocycles. The smallest absolute Gasteiger partial charge is 0.417 e. The van der Waals surface area contributed by atoms with Crippen molar-refractivity contribution in [1.29, 1.82) is 0 Å². The summed E-state index contributed by atoms with van der Waals surface area (Å²) < 4.78 is 27.8. The van der Waals surface area contributed by atoms with Gasteiger partial charge in [-0.2, -0.15) is 0 Å². The molecule has 1 heterocycles. The van der Waals surface area contributed by atoms with Crippen LogP contribution < -0.4 is 5.76 Å². The first-order valence-corrected chi connectivity index (χ1v) is 2.77. The fraction of sp³-hybridized carbons (Fsp3) is 0.200. The number of oxazole rings is 1. The van der Waals surface area contributed by atoms with Gasteiger partial charge in [0.15, 0.2) is 0 Å². The number of alkyl halides is 2. The van der Waals surface area contributed by atoms with Gasteiger partial charge in [0.1, 0.15) is 5.69 Å². The van der Waals surface area contributed by atoms with Gasteiger partial charge in [0.25, 0.3) is 6.43 Å². The van der Waals surface area contributed by atoms with E-state index in [1.54, 1.807) is 4.98 Å². The van der Waals surface area contributed by atoms with Crippen molar-refractivity contribution in [3.8, 4) is 0 Å². The van der Waals surface area contributed by atoms with Crippen LogP contribution in [-0.2, 0) is 0 Å². The summed E-state index contributed by atoms with van der Waals surface area (Å²) in [6, 6.07) is 0. The number of halogens is 2. The molecule has 0 aliphatic carbocycles.